The lowest BCUT2D eigenvalue weighted by molar-refractivity contribution is -0.168. The maximum Gasteiger partial charge on any atom is 0.302 e. The van der Waals surface area contributed by atoms with Gasteiger partial charge in [0.05, 0.1) is 25.4 Å². The van der Waals surface area contributed by atoms with Crippen LogP contribution in [0.25, 0.3) is 0 Å². The Morgan fingerprint density at radius 2 is 2.15 bits per heavy atom. The summed E-state index contributed by atoms with van der Waals surface area (Å²) in [7, 11) is 0. The van der Waals surface area contributed by atoms with E-state index in [0.29, 0.717) is 13.0 Å². The molecule has 0 bridgehead atoms. The first-order valence-electron chi connectivity index (χ1n) is 6.73. The van der Waals surface area contributed by atoms with Gasteiger partial charge in [0.25, 0.3) is 0 Å². The highest BCUT2D eigenvalue weighted by Crippen LogP contribution is 2.19. The average Bonchev–Trinajstić information content (AvgIpc) is 2.46. The Morgan fingerprint density at radius 3 is 2.85 bits per heavy atom. The van der Waals surface area contributed by atoms with E-state index in [4.69, 9.17) is 14.2 Å². The SMILES string of the molecule is CC(=O)OCC1C[C@H](OCc2ccccc2)C(O)CO1. The van der Waals surface area contributed by atoms with E-state index in [9.17, 15) is 9.90 Å². The molecule has 3 atom stereocenters. The van der Waals surface area contributed by atoms with E-state index >= 15 is 0 Å². The molecule has 0 saturated carbocycles. The van der Waals surface area contributed by atoms with Crippen LogP contribution in [-0.4, -0.2) is 42.6 Å². The third-order valence-corrected chi connectivity index (χ3v) is 3.21. The number of esters is 1. The first-order valence-corrected chi connectivity index (χ1v) is 6.73. The van der Waals surface area contributed by atoms with Crippen molar-refractivity contribution < 1.29 is 24.1 Å². The van der Waals surface area contributed by atoms with Gasteiger partial charge in [0, 0.05) is 13.3 Å². The fraction of sp³-hybridized carbons (Fsp3) is 0.533. The number of aliphatic hydroxyl groups is 1. The lowest BCUT2D eigenvalue weighted by Gasteiger charge is -2.33. The van der Waals surface area contributed by atoms with Crippen LogP contribution < -0.4 is 0 Å². The summed E-state index contributed by atoms with van der Waals surface area (Å²) in [4.78, 5) is 10.8. The molecule has 1 aliphatic rings. The van der Waals surface area contributed by atoms with Gasteiger partial charge in [0.15, 0.2) is 0 Å². The molecule has 1 saturated heterocycles. The lowest BCUT2D eigenvalue weighted by atomic mass is 10.0. The normalized spacial score (nSPS) is 26.2. The number of aliphatic hydroxyl groups excluding tert-OH is 1. The highest BCUT2D eigenvalue weighted by molar-refractivity contribution is 5.65. The smallest absolute Gasteiger partial charge is 0.302 e. The molecule has 0 radical (unpaired) electrons. The molecule has 1 fully saturated rings. The van der Waals surface area contributed by atoms with Crippen LogP contribution in [0.15, 0.2) is 30.3 Å². The monoisotopic (exact) mass is 280 g/mol. The maximum absolute atomic E-state index is 10.8. The lowest BCUT2D eigenvalue weighted by Crippen LogP contribution is -2.44. The van der Waals surface area contributed by atoms with Gasteiger partial charge in [-0.1, -0.05) is 30.3 Å². The van der Waals surface area contributed by atoms with Crippen molar-refractivity contribution in [3.63, 3.8) is 0 Å². The second-order valence-electron chi connectivity index (χ2n) is 4.90. The van der Waals surface area contributed by atoms with E-state index in [1.807, 2.05) is 30.3 Å². The zero-order chi connectivity index (χ0) is 14.4. The Labute approximate surface area is 118 Å². The number of hydrogen-bond donors (Lipinski definition) is 1. The van der Waals surface area contributed by atoms with Crippen molar-refractivity contribution in [1.29, 1.82) is 0 Å². The summed E-state index contributed by atoms with van der Waals surface area (Å²) in [5.74, 6) is -0.332. The van der Waals surface area contributed by atoms with Gasteiger partial charge < -0.3 is 19.3 Å². The molecule has 1 N–H and O–H groups in total. The van der Waals surface area contributed by atoms with Gasteiger partial charge in [0.2, 0.25) is 0 Å². The fourth-order valence-corrected chi connectivity index (χ4v) is 2.11. The van der Waals surface area contributed by atoms with Crippen molar-refractivity contribution in [1.82, 2.24) is 0 Å². The number of carbonyl (C=O) groups is 1. The minimum atomic E-state index is -0.646. The summed E-state index contributed by atoms with van der Waals surface area (Å²) in [6.45, 7) is 2.21. The Bertz CT molecular complexity index is 420. The third kappa shape index (κ3) is 4.59. The molecule has 1 heterocycles. The minimum Gasteiger partial charge on any atom is -0.463 e. The first kappa shape index (κ1) is 15.0. The van der Waals surface area contributed by atoms with E-state index < -0.39 is 6.10 Å². The standard InChI is InChI=1S/C15H20O5/c1-11(16)18-9-13-7-15(14(17)10-19-13)20-8-12-5-3-2-4-6-12/h2-6,13-15,17H,7-10H2,1H3/t13?,14?,15-/m0/s1. The van der Waals surface area contributed by atoms with E-state index in [1.165, 1.54) is 6.92 Å². The second kappa shape index (κ2) is 7.38. The summed E-state index contributed by atoms with van der Waals surface area (Å²) in [5.41, 5.74) is 1.06. The highest BCUT2D eigenvalue weighted by Gasteiger charge is 2.31. The largest absolute Gasteiger partial charge is 0.463 e. The number of rotatable bonds is 5. The predicted octanol–water partition coefficient (Wildman–Crippen LogP) is 1.28. The van der Waals surface area contributed by atoms with Gasteiger partial charge in [-0.3, -0.25) is 4.79 Å². The zero-order valence-electron chi connectivity index (χ0n) is 11.5. The van der Waals surface area contributed by atoms with Gasteiger partial charge >= 0.3 is 5.97 Å². The van der Waals surface area contributed by atoms with E-state index in [1.54, 1.807) is 0 Å². The summed E-state index contributed by atoms with van der Waals surface area (Å²) in [5, 5.41) is 9.88. The van der Waals surface area contributed by atoms with Crippen LogP contribution in [0.1, 0.15) is 18.9 Å². The Morgan fingerprint density at radius 1 is 1.40 bits per heavy atom. The Kier molecular flexibility index (Phi) is 5.52. The van der Waals surface area contributed by atoms with Crippen molar-refractivity contribution in [2.24, 2.45) is 0 Å². The summed E-state index contributed by atoms with van der Waals surface area (Å²) in [6.07, 6.45) is -0.652. The molecule has 0 aliphatic carbocycles. The second-order valence-corrected chi connectivity index (χ2v) is 4.90. The van der Waals surface area contributed by atoms with Crippen LogP contribution in [0.3, 0.4) is 0 Å². The number of carbonyl (C=O) groups excluding carboxylic acids is 1. The summed E-state index contributed by atoms with van der Waals surface area (Å²) < 4.78 is 16.1. The van der Waals surface area contributed by atoms with E-state index in [-0.39, 0.29) is 31.4 Å². The zero-order valence-corrected chi connectivity index (χ0v) is 11.5. The molecule has 2 unspecified atom stereocenters. The Balaban J connectivity index is 1.81. The topological polar surface area (TPSA) is 65.0 Å². The molecular weight excluding hydrogens is 260 g/mol. The fourth-order valence-electron chi connectivity index (χ4n) is 2.11. The quantitative estimate of drug-likeness (QED) is 0.823. The van der Waals surface area contributed by atoms with Crippen LogP contribution >= 0.6 is 0 Å². The highest BCUT2D eigenvalue weighted by atomic mass is 16.6. The minimum absolute atomic E-state index is 0.200. The van der Waals surface area contributed by atoms with Gasteiger partial charge in [0.1, 0.15) is 12.7 Å². The molecule has 0 aromatic heterocycles. The van der Waals surface area contributed by atoms with Gasteiger partial charge in [-0.2, -0.15) is 0 Å². The number of ether oxygens (including phenoxy) is 3. The maximum atomic E-state index is 10.8. The molecule has 5 nitrogen and oxygen atoms in total. The molecule has 0 amide bonds. The summed E-state index contributed by atoms with van der Waals surface area (Å²) in [6, 6.07) is 9.79. The van der Waals surface area contributed by atoms with E-state index in [0.717, 1.165) is 5.56 Å². The Hall–Kier alpha value is -1.43. The molecule has 1 aromatic rings. The predicted molar refractivity (Wildman–Crippen MR) is 72.0 cm³/mol. The average molecular weight is 280 g/mol. The van der Waals surface area contributed by atoms with Crippen molar-refractivity contribution in [3.8, 4) is 0 Å². The van der Waals surface area contributed by atoms with Crippen LogP contribution in [0.2, 0.25) is 0 Å². The van der Waals surface area contributed by atoms with Crippen LogP contribution in [0.5, 0.6) is 0 Å². The van der Waals surface area contributed by atoms with Crippen molar-refractivity contribution in [3.05, 3.63) is 35.9 Å². The molecule has 0 spiro atoms. The molecule has 5 heteroatoms. The summed E-state index contributed by atoms with van der Waals surface area (Å²) >= 11 is 0. The molecule has 110 valence electrons. The number of hydrogen-bond acceptors (Lipinski definition) is 5. The third-order valence-electron chi connectivity index (χ3n) is 3.21. The molecule has 20 heavy (non-hydrogen) atoms. The first-order chi connectivity index (χ1) is 9.65. The van der Waals surface area contributed by atoms with Crippen LogP contribution in [0.4, 0.5) is 0 Å². The van der Waals surface area contributed by atoms with Crippen molar-refractivity contribution in [2.75, 3.05) is 13.2 Å². The van der Waals surface area contributed by atoms with E-state index in [2.05, 4.69) is 0 Å². The van der Waals surface area contributed by atoms with Crippen molar-refractivity contribution in [2.45, 2.75) is 38.3 Å². The molecule has 2 rings (SSSR count). The molecule has 1 aliphatic heterocycles. The van der Waals surface area contributed by atoms with Crippen molar-refractivity contribution >= 4 is 5.97 Å². The molecule has 1 aromatic carbocycles. The van der Waals surface area contributed by atoms with Gasteiger partial charge in [-0.05, 0) is 5.56 Å². The van der Waals surface area contributed by atoms with Gasteiger partial charge in [-0.15, -0.1) is 0 Å². The number of benzene rings is 1. The van der Waals surface area contributed by atoms with Crippen LogP contribution in [0, 0.1) is 0 Å². The van der Waals surface area contributed by atoms with Crippen LogP contribution in [-0.2, 0) is 25.6 Å². The van der Waals surface area contributed by atoms with Gasteiger partial charge in [-0.25, -0.2) is 0 Å². The molecular formula is C15H20O5.